The molecule has 0 fully saturated rings. The molecule has 0 aliphatic heterocycles. The Labute approximate surface area is 136 Å². The summed E-state index contributed by atoms with van der Waals surface area (Å²) in [6.07, 6.45) is 0.472. The lowest BCUT2D eigenvalue weighted by Gasteiger charge is -2.07. The Morgan fingerprint density at radius 2 is 1.88 bits per heavy atom. The molecular weight excluding hydrogens is 310 g/mol. The van der Waals surface area contributed by atoms with Gasteiger partial charge in [-0.3, -0.25) is 9.59 Å². The van der Waals surface area contributed by atoms with Crippen molar-refractivity contribution in [3.05, 3.63) is 56.1 Å². The van der Waals surface area contributed by atoms with Crippen molar-refractivity contribution in [1.29, 1.82) is 0 Å². The van der Waals surface area contributed by atoms with Crippen molar-refractivity contribution in [2.45, 2.75) is 26.7 Å². The number of fused-ring (bicyclic) bond motifs is 1. The summed E-state index contributed by atoms with van der Waals surface area (Å²) in [6, 6.07) is 5.09. The van der Waals surface area contributed by atoms with Crippen LogP contribution >= 0.6 is 0 Å². The zero-order valence-corrected chi connectivity index (χ0v) is 13.3. The summed E-state index contributed by atoms with van der Waals surface area (Å²) in [6.45, 7) is 3.47. The minimum Gasteiger partial charge on any atom is -0.326 e. The number of aromatic amines is 3. The summed E-state index contributed by atoms with van der Waals surface area (Å²) in [5.74, 6) is 0.339. The minimum atomic E-state index is -0.296. The van der Waals surface area contributed by atoms with Gasteiger partial charge in [0.05, 0.1) is 11.0 Å². The van der Waals surface area contributed by atoms with Crippen molar-refractivity contribution in [2.24, 2.45) is 0 Å². The number of benzene rings is 1. The van der Waals surface area contributed by atoms with E-state index >= 15 is 0 Å². The summed E-state index contributed by atoms with van der Waals surface area (Å²) in [7, 11) is 0. The van der Waals surface area contributed by atoms with Crippen molar-refractivity contribution in [1.82, 2.24) is 19.9 Å². The molecule has 2 aromatic heterocycles. The Morgan fingerprint density at radius 1 is 1.12 bits per heavy atom. The Balaban J connectivity index is 1.69. The van der Waals surface area contributed by atoms with Crippen molar-refractivity contribution < 1.29 is 4.79 Å². The van der Waals surface area contributed by atoms with Gasteiger partial charge >= 0.3 is 5.69 Å². The van der Waals surface area contributed by atoms with Crippen LogP contribution in [0.1, 0.15) is 23.5 Å². The average molecular weight is 327 g/mol. The van der Waals surface area contributed by atoms with E-state index in [9.17, 15) is 14.4 Å². The van der Waals surface area contributed by atoms with Crippen molar-refractivity contribution in [3.63, 3.8) is 0 Å². The van der Waals surface area contributed by atoms with Crippen LogP contribution in [-0.2, 0) is 11.2 Å². The van der Waals surface area contributed by atoms with Gasteiger partial charge in [-0.1, -0.05) is 0 Å². The van der Waals surface area contributed by atoms with Crippen LogP contribution in [0, 0.1) is 13.8 Å². The molecule has 24 heavy (non-hydrogen) atoms. The molecular formula is C16H17N5O3. The van der Waals surface area contributed by atoms with Gasteiger partial charge in [0.1, 0.15) is 5.82 Å². The van der Waals surface area contributed by atoms with Crippen LogP contribution in [0.15, 0.2) is 27.8 Å². The number of carbonyl (C=O) groups is 1. The van der Waals surface area contributed by atoms with E-state index in [-0.39, 0.29) is 23.6 Å². The summed E-state index contributed by atoms with van der Waals surface area (Å²) >= 11 is 0. The largest absolute Gasteiger partial charge is 0.326 e. The maximum atomic E-state index is 12.1. The molecule has 3 rings (SSSR count). The third kappa shape index (κ3) is 3.27. The zero-order chi connectivity index (χ0) is 17.3. The Bertz CT molecular complexity index is 1030. The molecule has 1 amide bonds. The monoisotopic (exact) mass is 327 g/mol. The molecule has 3 aromatic rings. The Kier molecular flexibility index (Phi) is 4.03. The van der Waals surface area contributed by atoms with Crippen LogP contribution in [0.3, 0.4) is 0 Å². The van der Waals surface area contributed by atoms with Gasteiger partial charge in [0.25, 0.3) is 5.56 Å². The minimum absolute atomic E-state index is 0.163. The van der Waals surface area contributed by atoms with E-state index in [2.05, 4.69) is 25.3 Å². The van der Waals surface area contributed by atoms with Crippen LogP contribution in [0.5, 0.6) is 0 Å². The van der Waals surface area contributed by atoms with Gasteiger partial charge in [0.15, 0.2) is 0 Å². The quantitative estimate of drug-likeness (QED) is 0.573. The molecule has 0 atom stereocenters. The number of aromatic nitrogens is 4. The van der Waals surface area contributed by atoms with Gasteiger partial charge in [-0.2, -0.15) is 0 Å². The molecule has 8 nitrogen and oxygen atoms in total. The van der Waals surface area contributed by atoms with Crippen LogP contribution in [-0.4, -0.2) is 25.8 Å². The molecule has 0 saturated carbocycles. The lowest BCUT2D eigenvalue weighted by molar-refractivity contribution is -0.116. The molecule has 1 aromatic carbocycles. The predicted octanol–water partition coefficient (Wildman–Crippen LogP) is 1.13. The van der Waals surface area contributed by atoms with E-state index in [1.54, 1.807) is 32.0 Å². The number of amides is 1. The maximum absolute atomic E-state index is 12.1. The van der Waals surface area contributed by atoms with Gasteiger partial charge in [-0.05, 0) is 38.5 Å². The number of nitrogens with one attached hydrogen (secondary N) is 4. The highest BCUT2D eigenvalue weighted by molar-refractivity contribution is 5.93. The fraction of sp³-hybridized carbons (Fsp3) is 0.250. The topological polar surface area (TPSA) is 123 Å². The van der Waals surface area contributed by atoms with Crippen molar-refractivity contribution >= 4 is 22.6 Å². The number of imidazole rings is 1. The molecule has 2 heterocycles. The first kappa shape index (κ1) is 15.7. The van der Waals surface area contributed by atoms with Gasteiger partial charge < -0.3 is 20.3 Å². The van der Waals surface area contributed by atoms with Crippen LogP contribution in [0.4, 0.5) is 5.69 Å². The van der Waals surface area contributed by atoms with Crippen molar-refractivity contribution in [3.8, 4) is 0 Å². The number of hydrogen-bond acceptors (Lipinski definition) is 4. The summed E-state index contributed by atoms with van der Waals surface area (Å²) < 4.78 is 0. The smallest absolute Gasteiger partial charge is 0.323 e. The first-order valence-corrected chi connectivity index (χ1v) is 7.50. The highest BCUT2D eigenvalue weighted by atomic mass is 16.2. The molecule has 0 spiro atoms. The number of H-pyrrole nitrogens is 3. The van der Waals surface area contributed by atoms with E-state index in [0.29, 0.717) is 40.2 Å². The van der Waals surface area contributed by atoms with Crippen LogP contribution in [0.2, 0.25) is 0 Å². The zero-order valence-electron chi connectivity index (χ0n) is 13.3. The lowest BCUT2D eigenvalue weighted by Crippen LogP contribution is -2.20. The summed E-state index contributed by atoms with van der Waals surface area (Å²) in [5.41, 5.74) is 2.51. The third-order valence-electron chi connectivity index (χ3n) is 3.74. The highest BCUT2D eigenvalue weighted by Gasteiger charge is 2.10. The van der Waals surface area contributed by atoms with Crippen molar-refractivity contribution in [2.75, 3.05) is 5.32 Å². The molecule has 8 heteroatoms. The first-order valence-electron chi connectivity index (χ1n) is 7.50. The van der Waals surface area contributed by atoms with Crippen LogP contribution in [0.25, 0.3) is 11.0 Å². The number of hydrogen-bond donors (Lipinski definition) is 4. The van der Waals surface area contributed by atoms with E-state index in [4.69, 9.17) is 0 Å². The summed E-state index contributed by atoms with van der Waals surface area (Å²) in [5, 5.41) is 2.76. The molecule has 0 aliphatic rings. The van der Waals surface area contributed by atoms with Gasteiger partial charge in [0.2, 0.25) is 5.91 Å². The second kappa shape index (κ2) is 6.15. The molecule has 0 saturated heterocycles. The normalized spacial score (nSPS) is 10.9. The SMILES string of the molecule is Cc1nc(C)c(CCC(=O)Nc2ccc3[nH]c(=O)[nH]c3c2)c(=O)[nH]1. The molecule has 4 N–H and O–H groups in total. The predicted molar refractivity (Wildman–Crippen MR) is 90.2 cm³/mol. The number of rotatable bonds is 4. The molecule has 0 aliphatic carbocycles. The Hall–Kier alpha value is -3.16. The number of aryl methyl sites for hydroxylation is 2. The number of nitrogens with zero attached hydrogens (tertiary/aromatic N) is 1. The fourth-order valence-corrected chi connectivity index (χ4v) is 2.62. The second-order valence-corrected chi connectivity index (χ2v) is 5.60. The third-order valence-corrected chi connectivity index (χ3v) is 3.74. The van der Waals surface area contributed by atoms with E-state index in [1.807, 2.05) is 0 Å². The average Bonchev–Trinajstić information content (AvgIpc) is 2.85. The maximum Gasteiger partial charge on any atom is 0.323 e. The molecule has 0 radical (unpaired) electrons. The number of anilines is 1. The van der Waals surface area contributed by atoms with Crippen LogP contribution < -0.4 is 16.6 Å². The van der Waals surface area contributed by atoms with E-state index in [1.165, 1.54) is 0 Å². The second-order valence-electron chi connectivity index (χ2n) is 5.60. The molecule has 0 unspecified atom stereocenters. The lowest BCUT2D eigenvalue weighted by atomic mass is 10.1. The van der Waals surface area contributed by atoms with Gasteiger partial charge in [0, 0.05) is 23.4 Å². The van der Waals surface area contributed by atoms with E-state index in [0.717, 1.165) is 0 Å². The molecule has 0 bridgehead atoms. The highest BCUT2D eigenvalue weighted by Crippen LogP contribution is 2.15. The van der Waals surface area contributed by atoms with E-state index < -0.39 is 0 Å². The Morgan fingerprint density at radius 3 is 2.62 bits per heavy atom. The fourth-order valence-electron chi connectivity index (χ4n) is 2.62. The first-order chi connectivity index (χ1) is 11.4. The standard InChI is InChI=1S/C16H17N5O3/c1-8-11(15(23)18-9(2)17-8)4-6-14(22)19-10-3-5-12-13(7-10)21-16(24)20-12/h3,5,7H,4,6H2,1-2H3,(H,19,22)(H,17,18,23)(H2,20,21,24). The molecule has 124 valence electrons. The number of carbonyl (C=O) groups excluding carboxylic acids is 1. The van der Waals surface area contributed by atoms with Gasteiger partial charge in [-0.15, -0.1) is 0 Å². The summed E-state index contributed by atoms with van der Waals surface area (Å²) in [4.78, 5) is 47.4. The van der Waals surface area contributed by atoms with Gasteiger partial charge in [-0.25, -0.2) is 9.78 Å².